The third-order valence-electron chi connectivity index (χ3n) is 5.29. The Morgan fingerprint density at radius 2 is 1.30 bits per heavy atom. The van der Waals surface area contributed by atoms with E-state index >= 15 is 0 Å². The van der Waals surface area contributed by atoms with Gasteiger partial charge in [-0.3, -0.25) is 4.98 Å². The lowest BCUT2D eigenvalue weighted by atomic mass is 9.90. The summed E-state index contributed by atoms with van der Waals surface area (Å²) in [5.74, 6) is 0. The number of thiophene rings is 1. The number of nitrogens with zero attached hydrogens (tertiary/aromatic N) is 1. The Morgan fingerprint density at radius 3 is 2.00 bits per heavy atom. The Hall–Kier alpha value is -3.69. The van der Waals surface area contributed by atoms with Crippen molar-refractivity contribution in [2.24, 2.45) is 0 Å². The van der Waals surface area contributed by atoms with E-state index in [9.17, 15) is 0 Å². The van der Waals surface area contributed by atoms with E-state index < -0.39 is 0 Å². The first kappa shape index (κ1) is 18.3. The van der Waals surface area contributed by atoms with E-state index in [4.69, 9.17) is 5.73 Å². The summed E-state index contributed by atoms with van der Waals surface area (Å²) in [7, 11) is 0. The van der Waals surface area contributed by atoms with Gasteiger partial charge < -0.3 is 5.73 Å². The largest absolute Gasteiger partial charge is 0.398 e. The van der Waals surface area contributed by atoms with Crippen molar-refractivity contribution < 1.29 is 0 Å². The highest BCUT2D eigenvalue weighted by atomic mass is 32.1. The van der Waals surface area contributed by atoms with E-state index in [2.05, 4.69) is 89.2 Å². The van der Waals surface area contributed by atoms with Crippen LogP contribution in [0.25, 0.3) is 43.8 Å². The molecule has 30 heavy (non-hydrogen) atoms. The molecular weight excluding hydrogens is 384 g/mol. The molecule has 5 rings (SSSR count). The predicted octanol–water partition coefficient (Wildman–Crippen LogP) is 7.39. The second-order valence-corrected chi connectivity index (χ2v) is 8.06. The molecule has 2 heterocycles. The normalized spacial score (nSPS) is 10.8. The molecule has 2 N–H and O–H groups in total. The third kappa shape index (κ3) is 3.40. The molecule has 0 aliphatic heterocycles. The van der Waals surface area contributed by atoms with Crippen molar-refractivity contribution in [3.05, 3.63) is 109 Å². The van der Waals surface area contributed by atoms with Gasteiger partial charge in [-0.2, -0.15) is 0 Å². The van der Waals surface area contributed by atoms with Crippen LogP contribution in [0.4, 0.5) is 5.69 Å². The molecule has 0 aliphatic rings. The number of aromatic nitrogens is 1. The van der Waals surface area contributed by atoms with Gasteiger partial charge in [-0.25, -0.2) is 0 Å². The standard InChI is InChI=1S/C27H20N2S/c28-27-24(25-9-5-17-30-25)15-14-23(26(27)22-8-4-16-29-18-22)21-12-10-20(11-13-21)19-6-2-1-3-7-19/h1-18H,28H2. The zero-order chi connectivity index (χ0) is 20.3. The van der Waals surface area contributed by atoms with Crippen molar-refractivity contribution in [1.82, 2.24) is 4.98 Å². The molecule has 0 aliphatic carbocycles. The van der Waals surface area contributed by atoms with Gasteiger partial charge in [0.2, 0.25) is 0 Å². The smallest absolute Gasteiger partial charge is 0.0488 e. The van der Waals surface area contributed by atoms with Gasteiger partial charge in [-0.1, -0.05) is 78.9 Å². The molecule has 0 atom stereocenters. The van der Waals surface area contributed by atoms with E-state index in [1.165, 1.54) is 16.0 Å². The van der Waals surface area contributed by atoms with E-state index in [0.717, 1.165) is 33.5 Å². The maximum atomic E-state index is 6.74. The lowest BCUT2D eigenvalue weighted by Gasteiger charge is -2.16. The summed E-state index contributed by atoms with van der Waals surface area (Å²) in [4.78, 5) is 5.50. The number of hydrogen-bond donors (Lipinski definition) is 1. The van der Waals surface area contributed by atoms with Crippen molar-refractivity contribution in [3.63, 3.8) is 0 Å². The monoisotopic (exact) mass is 404 g/mol. The Morgan fingerprint density at radius 1 is 0.600 bits per heavy atom. The number of benzene rings is 3. The highest BCUT2D eigenvalue weighted by Crippen LogP contribution is 2.43. The van der Waals surface area contributed by atoms with Gasteiger partial charge in [0.15, 0.2) is 0 Å². The van der Waals surface area contributed by atoms with E-state index in [1.54, 1.807) is 17.5 Å². The maximum absolute atomic E-state index is 6.74. The van der Waals surface area contributed by atoms with Gasteiger partial charge >= 0.3 is 0 Å². The molecule has 0 bridgehead atoms. The SMILES string of the molecule is Nc1c(-c2cccs2)ccc(-c2ccc(-c3ccccc3)cc2)c1-c1cccnc1. The Balaban J connectivity index is 1.66. The first-order valence-corrected chi connectivity index (χ1v) is 10.7. The van der Waals surface area contributed by atoms with Gasteiger partial charge in [0, 0.05) is 39.6 Å². The van der Waals surface area contributed by atoms with Crippen molar-refractivity contribution in [2.75, 3.05) is 5.73 Å². The van der Waals surface area contributed by atoms with Crippen LogP contribution in [-0.2, 0) is 0 Å². The molecule has 144 valence electrons. The Labute approximate surface area is 180 Å². The Kier molecular flexibility index (Phi) is 4.88. The zero-order valence-corrected chi connectivity index (χ0v) is 17.1. The number of nitrogen functional groups attached to an aromatic ring is 1. The van der Waals surface area contributed by atoms with Gasteiger partial charge in [-0.15, -0.1) is 11.3 Å². The van der Waals surface area contributed by atoms with Crippen LogP contribution in [0.5, 0.6) is 0 Å². The second-order valence-electron chi connectivity index (χ2n) is 7.11. The van der Waals surface area contributed by atoms with E-state index in [-0.39, 0.29) is 0 Å². The molecular formula is C27H20N2S. The summed E-state index contributed by atoms with van der Waals surface area (Å²) in [6.07, 6.45) is 3.67. The fourth-order valence-electron chi connectivity index (χ4n) is 3.80. The molecule has 3 heteroatoms. The van der Waals surface area contributed by atoms with Crippen LogP contribution < -0.4 is 5.73 Å². The minimum absolute atomic E-state index is 0.787. The summed E-state index contributed by atoms with van der Waals surface area (Å²) in [6, 6.07) is 31.6. The summed E-state index contributed by atoms with van der Waals surface area (Å²) in [5.41, 5.74) is 15.3. The number of nitrogens with two attached hydrogens (primary N) is 1. The summed E-state index contributed by atoms with van der Waals surface area (Å²) in [5, 5.41) is 2.08. The third-order valence-corrected chi connectivity index (χ3v) is 6.19. The first-order chi connectivity index (χ1) is 14.8. The molecule has 0 amide bonds. The predicted molar refractivity (Wildman–Crippen MR) is 128 cm³/mol. The number of rotatable bonds is 4. The summed E-state index contributed by atoms with van der Waals surface area (Å²) < 4.78 is 0. The van der Waals surface area contributed by atoms with Crippen LogP contribution >= 0.6 is 11.3 Å². The lowest BCUT2D eigenvalue weighted by Crippen LogP contribution is -1.97. The molecule has 2 aromatic heterocycles. The van der Waals surface area contributed by atoms with Gasteiger partial charge in [0.1, 0.15) is 0 Å². The minimum atomic E-state index is 0.787. The van der Waals surface area contributed by atoms with Crippen LogP contribution in [0, 0.1) is 0 Å². The van der Waals surface area contributed by atoms with Gasteiger partial charge in [0.25, 0.3) is 0 Å². The number of pyridine rings is 1. The highest BCUT2D eigenvalue weighted by Gasteiger charge is 2.16. The van der Waals surface area contributed by atoms with Crippen LogP contribution in [-0.4, -0.2) is 4.98 Å². The number of anilines is 1. The molecule has 0 spiro atoms. The van der Waals surface area contributed by atoms with Crippen LogP contribution in [0.1, 0.15) is 0 Å². The molecule has 0 saturated heterocycles. The van der Waals surface area contributed by atoms with Crippen molar-refractivity contribution >= 4 is 17.0 Å². The van der Waals surface area contributed by atoms with Crippen molar-refractivity contribution in [2.45, 2.75) is 0 Å². The topological polar surface area (TPSA) is 38.9 Å². The maximum Gasteiger partial charge on any atom is 0.0488 e. The molecule has 0 fully saturated rings. The minimum Gasteiger partial charge on any atom is -0.398 e. The molecule has 2 nitrogen and oxygen atoms in total. The van der Waals surface area contributed by atoms with Crippen molar-refractivity contribution in [3.8, 4) is 43.8 Å². The van der Waals surface area contributed by atoms with Gasteiger partial charge in [0.05, 0.1) is 0 Å². The second kappa shape index (κ2) is 7.97. The van der Waals surface area contributed by atoms with E-state index in [1.807, 2.05) is 18.3 Å². The lowest BCUT2D eigenvalue weighted by molar-refractivity contribution is 1.33. The fourth-order valence-corrected chi connectivity index (χ4v) is 4.57. The molecule has 0 saturated carbocycles. The van der Waals surface area contributed by atoms with Crippen molar-refractivity contribution in [1.29, 1.82) is 0 Å². The van der Waals surface area contributed by atoms with Crippen LogP contribution in [0.2, 0.25) is 0 Å². The zero-order valence-electron chi connectivity index (χ0n) is 16.3. The molecule has 0 unspecified atom stereocenters. The summed E-state index contributed by atoms with van der Waals surface area (Å²) >= 11 is 1.70. The summed E-state index contributed by atoms with van der Waals surface area (Å²) in [6.45, 7) is 0. The molecule has 0 radical (unpaired) electrons. The average molecular weight is 405 g/mol. The molecule has 3 aromatic carbocycles. The molecule has 5 aromatic rings. The van der Waals surface area contributed by atoms with Crippen LogP contribution in [0.15, 0.2) is 109 Å². The fraction of sp³-hybridized carbons (Fsp3) is 0. The Bertz CT molecular complexity index is 1260. The van der Waals surface area contributed by atoms with Crippen LogP contribution in [0.3, 0.4) is 0 Å². The van der Waals surface area contributed by atoms with Gasteiger partial charge in [-0.05, 0) is 39.8 Å². The first-order valence-electron chi connectivity index (χ1n) is 9.84. The number of hydrogen-bond acceptors (Lipinski definition) is 3. The average Bonchev–Trinajstić information content (AvgIpc) is 3.35. The highest BCUT2D eigenvalue weighted by molar-refractivity contribution is 7.13. The quantitative estimate of drug-likeness (QED) is 0.317. The van der Waals surface area contributed by atoms with E-state index in [0.29, 0.717) is 0 Å².